The Kier molecular flexibility index (Phi) is 6.75. The maximum absolute atomic E-state index is 12.3. The van der Waals surface area contributed by atoms with Gasteiger partial charge in [-0.2, -0.15) is 0 Å². The van der Waals surface area contributed by atoms with E-state index in [1.165, 1.54) is 0 Å². The van der Waals surface area contributed by atoms with Gasteiger partial charge in [0.15, 0.2) is 5.01 Å². The second-order valence-electron chi connectivity index (χ2n) is 6.01. The summed E-state index contributed by atoms with van der Waals surface area (Å²) in [6.07, 6.45) is 0.559. The number of methoxy groups -OCH3 is 1. The number of anilines is 1. The summed E-state index contributed by atoms with van der Waals surface area (Å²) < 4.78 is 10.8. The summed E-state index contributed by atoms with van der Waals surface area (Å²) in [5.74, 6) is 0.0856. The summed E-state index contributed by atoms with van der Waals surface area (Å²) in [6.45, 7) is 0.179. The number of hydrogen-bond acceptors (Lipinski definition) is 7. The van der Waals surface area contributed by atoms with Gasteiger partial charge in [0.2, 0.25) is 5.01 Å². The van der Waals surface area contributed by atoms with Gasteiger partial charge in [0.1, 0.15) is 18.1 Å². The zero-order chi connectivity index (χ0) is 20.6. The number of benzene rings is 2. The molecule has 1 aromatic heterocycles. The molecule has 0 bridgehead atoms. The smallest absolute Gasteiger partial charge is 0.303 e. The van der Waals surface area contributed by atoms with E-state index in [-0.39, 0.29) is 23.9 Å². The summed E-state index contributed by atoms with van der Waals surface area (Å²) in [7, 11) is 1.56. The molecule has 0 aliphatic heterocycles. The fourth-order valence-corrected chi connectivity index (χ4v) is 3.09. The Bertz CT molecular complexity index is 988. The minimum absolute atomic E-state index is 0.0889. The summed E-state index contributed by atoms with van der Waals surface area (Å²) >= 11 is 1.15. The van der Waals surface area contributed by atoms with E-state index >= 15 is 0 Å². The zero-order valence-corrected chi connectivity index (χ0v) is 16.4. The van der Waals surface area contributed by atoms with Crippen LogP contribution in [0.4, 0.5) is 5.69 Å². The molecule has 0 fully saturated rings. The maximum atomic E-state index is 12.3. The van der Waals surface area contributed by atoms with Crippen molar-refractivity contribution >= 4 is 28.9 Å². The van der Waals surface area contributed by atoms with Crippen LogP contribution in [0.25, 0.3) is 0 Å². The van der Waals surface area contributed by atoms with Crippen molar-refractivity contribution in [2.75, 3.05) is 12.4 Å². The molecule has 0 unspecified atom stereocenters. The lowest BCUT2D eigenvalue weighted by molar-refractivity contribution is -0.136. The molecule has 0 saturated heterocycles. The van der Waals surface area contributed by atoms with Gasteiger partial charge in [-0.3, -0.25) is 9.59 Å². The highest BCUT2D eigenvalue weighted by Gasteiger charge is 2.14. The van der Waals surface area contributed by atoms with E-state index < -0.39 is 5.97 Å². The fraction of sp³-hybridized carbons (Fsp3) is 0.200. The second kappa shape index (κ2) is 9.65. The number of hydrogen-bond donors (Lipinski definition) is 2. The Morgan fingerprint density at radius 3 is 2.62 bits per heavy atom. The van der Waals surface area contributed by atoms with E-state index in [9.17, 15) is 9.59 Å². The molecule has 0 atom stereocenters. The molecule has 150 valence electrons. The zero-order valence-electron chi connectivity index (χ0n) is 15.6. The van der Waals surface area contributed by atoms with Crippen molar-refractivity contribution < 1.29 is 24.2 Å². The maximum Gasteiger partial charge on any atom is 0.303 e. The highest BCUT2D eigenvalue weighted by atomic mass is 32.1. The number of carbonyl (C=O) groups excluding carboxylic acids is 1. The van der Waals surface area contributed by atoms with Crippen LogP contribution in [0.15, 0.2) is 48.5 Å². The summed E-state index contributed by atoms with van der Waals surface area (Å²) in [6, 6.07) is 14.2. The van der Waals surface area contributed by atoms with Gasteiger partial charge in [0.25, 0.3) is 5.91 Å². The Morgan fingerprint density at radius 2 is 1.90 bits per heavy atom. The lowest BCUT2D eigenvalue weighted by Gasteiger charge is -2.05. The average molecular weight is 413 g/mol. The number of aliphatic carboxylic acids is 1. The largest absolute Gasteiger partial charge is 0.497 e. The first-order valence-corrected chi connectivity index (χ1v) is 9.56. The number of carbonyl (C=O) groups is 2. The van der Waals surface area contributed by atoms with Crippen molar-refractivity contribution in [3.8, 4) is 11.5 Å². The molecular weight excluding hydrogens is 394 g/mol. The van der Waals surface area contributed by atoms with Crippen LogP contribution in [0.1, 0.15) is 26.8 Å². The summed E-state index contributed by atoms with van der Waals surface area (Å²) in [5.41, 5.74) is 1.53. The number of aryl methyl sites for hydroxylation is 1. The van der Waals surface area contributed by atoms with Crippen LogP contribution in [-0.2, 0) is 17.8 Å². The van der Waals surface area contributed by atoms with E-state index in [0.717, 1.165) is 16.9 Å². The normalized spacial score (nSPS) is 10.4. The minimum atomic E-state index is -0.826. The van der Waals surface area contributed by atoms with E-state index in [1.807, 2.05) is 12.1 Å². The number of ether oxygens (including phenoxy) is 2. The van der Waals surface area contributed by atoms with E-state index in [0.29, 0.717) is 28.6 Å². The van der Waals surface area contributed by atoms with Gasteiger partial charge in [-0.15, -0.1) is 10.2 Å². The summed E-state index contributed by atoms with van der Waals surface area (Å²) in [4.78, 5) is 22.9. The van der Waals surface area contributed by atoms with Crippen molar-refractivity contribution in [1.29, 1.82) is 0 Å². The van der Waals surface area contributed by atoms with Gasteiger partial charge in [0.05, 0.1) is 7.11 Å². The van der Waals surface area contributed by atoms with E-state index in [2.05, 4.69) is 15.5 Å². The number of nitrogens with zero attached hydrogens (tertiary/aromatic N) is 2. The third-order valence-corrected chi connectivity index (χ3v) is 4.80. The molecule has 0 aliphatic rings. The third kappa shape index (κ3) is 6.01. The molecule has 1 heterocycles. The average Bonchev–Trinajstić information content (AvgIpc) is 3.21. The molecule has 3 rings (SSSR count). The molecule has 0 aliphatic carbocycles. The Balaban J connectivity index is 1.53. The van der Waals surface area contributed by atoms with Gasteiger partial charge in [-0.25, -0.2) is 0 Å². The van der Waals surface area contributed by atoms with Crippen molar-refractivity contribution in [1.82, 2.24) is 10.2 Å². The fourth-order valence-electron chi connectivity index (χ4n) is 2.44. The van der Waals surface area contributed by atoms with Crippen LogP contribution in [0.5, 0.6) is 11.5 Å². The molecule has 2 N–H and O–H groups in total. The molecule has 8 nitrogen and oxygen atoms in total. The van der Waals surface area contributed by atoms with E-state index in [4.69, 9.17) is 14.6 Å². The van der Waals surface area contributed by atoms with Crippen molar-refractivity contribution in [3.05, 3.63) is 64.1 Å². The first-order valence-electron chi connectivity index (χ1n) is 8.75. The first kappa shape index (κ1) is 20.3. The lowest BCUT2D eigenvalue weighted by atomic mass is 10.1. The number of carboxylic acids is 1. The first-order chi connectivity index (χ1) is 14.0. The standard InChI is InChI=1S/C20H19N3O5S/c1-27-16-4-2-3-14(11-16)21-19(26)20-23-22-17(29-20)12-28-15-8-5-13(6-9-15)7-10-18(24)25/h2-6,8-9,11H,7,10,12H2,1H3,(H,21,26)(H,24,25). The SMILES string of the molecule is COc1cccc(NC(=O)c2nnc(COc3ccc(CCC(=O)O)cc3)s2)c1. The van der Waals surface area contributed by atoms with Gasteiger partial charge in [0, 0.05) is 18.2 Å². The molecule has 9 heteroatoms. The van der Waals surface area contributed by atoms with Gasteiger partial charge in [-0.05, 0) is 36.2 Å². The predicted molar refractivity (Wildman–Crippen MR) is 108 cm³/mol. The Labute approximate surface area is 171 Å². The minimum Gasteiger partial charge on any atom is -0.497 e. The van der Waals surface area contributed by atoms with Crippen molar-refractivity contribution in [2.45, 2.75) is 19.4 Å². The monoisotopic (exact) mass is 413 g/mol. The highest BCUT2D eigenvalue weighted by Crippen LogP contribution is 2.20. The Hall–Kier alpha value is -3.46. The molecule has 1 amide bonds. The molecule has 0 spiro atoms. The molecular formula is C20H19N3O5S. The quantitative estimate of drug-likeness (QED) is 0.553. The molecule has 2 aromatic carbocycles. The topological polar surface area (TPSA) is 111 Å². The predicted octanol–water partition coefficient (Wildman–Crippen LogP) is 3.40. The van der Waals surface area contributed by atoms with Crippen LogP contribution in [-0.4, -0.2) is 34.3 Å². The highest BCUT2D eigenvalue weighted by molar-refractivity contribution is 7.13. The van der Waals surface area contributed by atoms with Crippen LogP contribution in [0, 0.1) is 0 Å². The van der Waals surface area contributed by atoms with Crippen LogP contribution in [0.3, 0.4) is 0 Å². The number of nitrogens with one attached hydrogen (secondary N) is 1. The van der Waals surface area contributed by atoms with Crippen molar-refractivity contribution in [2.24, 2.45) is 0 Å². The third-order valence-electron chi connectivity index (χ3n) is 3.90. The molecule has 29 heavy (non-hydrogen) atoms. The molecule has 0 saturated carbocycles. The van der Waals surface area contributed by atoms with Gasteiger partial charge < -0.3 is 19.9 Å². The number of rotatable bonds is 9. The van der Waals surface area contributed by atoms with E-state index in [1.54, 1.807) is 43.5 Å². The van der Waals surface area contributed by atoms with Crippen LogP contribution in [0.2, 0.25) is 0 Å². The van der Waals surface area contributed by atoms with Gasteiger partial charge >= 0.3 is 5.97 Å². The van der Waals surface area contributed by atoms with Crippen LogP contribution < -0.4 is 14.8 Å². The number of amides is 1. The lowest BCUT2D eigenvalue weighted by Crippen LogP contribution is -2.11. The van der Waals surface area contributed by atoms with Crippen LogP contribution >= 0.6 is 11.3 Å². The Morgan fingerprint density at radius 1 is 1.10 bits per heavy atom. The van der Waals surface area contributed by atoms with Crippen molar-refractivity contribution in [3.63, 3.8) is 0 Å². The number of aromatic nitrogens is 2. The second-order valence-corrected chi connectivity index (χ2v) is 7.08. The summed E-state index contributed by atoms with van der Waals surface area (Å²) in [5, 5.41) is 20.2. The van der Waals surface area contributed by atoms with Gasteiger partial charge in [-0.1, -0.05) is 29.5 Å². The molecule has 3 aromatic rings. The number of carboxylic acid groups (broad SMARTS) is 1. The molecule has 0 radical (unpaired) electrons.